The van der Waals surface area contributed by atoms with E-state index in [0.717, 1.165) is 23.6 Å². The normalized spacial score (nSPS) is 24.5. The highest BCUT2D eigenvalue weighted by Gasteiger charge is 2.34. The number of nitrogens with one attached hydrogen (secondary N) is 1. The first-order chi connectivity index (χ1) is 9.05. The van der Waals surface area contributed by atoms with Crippen molar-refractivity contribution < 1.29 is 0 Å². The Morgan fingerprint density at radius 2 is 2.00 bits per heavy atom. The largest absolute Gasteiger partial charge is 0.311 e. The SMILES string of the molecule is CC(C)C1(Cc2cccc(Cl)c2Cl)CCCCCN1. The molecule has 1 aliphatic rings. The Hall–Kier alpha value is -0.240. The van der Waals surface area contributed by atoms with Crippen molar-refractivity contribution in [2.45, 2.75) is 51.5 Å². The monoisotopic (exact) mass is 299 g/mol. The maximum Gasteiger partial charge on any atom is 0.0624 e. The van der Waals surface area contributed by atoms with Gasteiger partial charge in [0, 0.05) is 5.54 Å². The van der Waals surface area contributed by atoms with Crippen molar-refractivity contribution in [1.82, 2.24) is 5.32 Å². The van der Waals surface area contributed by atoms with Crippen molar-refractivity contribution in [2.24, 2.45) is 5.92 Å². The van der Waals surface area contributed by atoms with Crippen LogP contribution in [0.2, 0.25) is 10.0 Å². The molecule has 1 aromatic rings. The Labute approximate surface area is 126 Å². The van der Waals surface area contributed by atoms with Gasteiger partial charge in [0.05, 0.1) is 10.0 Å². The maximum absolute atomic E-state index is 6.36. The van der Waals surface area contributed by atoms with Gasteiger partial charge >= 0.3 is 0 Å². The predicted molar refractivity (Wildman–Crippen MR) is 84.2 cm³/mol. The standard InChI is InChI=1S/C16H23Cl2N/c1-12(2)16(9-4-3-5-10-19-16)11-13-7-6-8-14(17)15(13)18/h6-8,12,19H,3-5,9-11H2,1-2H3. The lowest BCUT2D eigenvalue weighted by Crippen LogP contribution is -2.51. The maximum atomic E-state index is 6.36. The molecule has 0 aromatic heterocycles. The molecule has 0 spiro atoms. The van der Waals surface area contributed by atoms with E-state index >= 15 is 0 Å². The van der Waals surface area contributed by atoms with Crippen molar-refractivity contribution in [2.75, 3.05) is 6.54 Å². The van der Waals surface area contributed by atoms with Crippen LogP contribution in [0.1, 0.15) is 45.1 Å². The molecule has 1 nitrogen and oxygen atoms in total. The van der Waals surface area contributed by atoms with Gasteiger partial charge in [-0.05, 0) is 43.4 Å². The molecule has 3 heteroatoms. The molecule has 2 rings (SSSR count). The fraction of sp³-hybridized carbons (Fsp3) is 0.625. The lowest BCUT2D eigenvalue weighted by atomic mass is 9.77. The van der Waals surface area contributed by atoms with Crippen molar-refractivity contribution in [1.29, 1.82) is 0 Å². The summed E-state index contributed by atoms with van der Waals surface area (Å²) in [6.07, 6.45) is 6.07. The van der Waals surface area contributed by atoms with Gasteiger partial charge in [-0.25, -0.2) is 0 Å². The average Bonchev–Trinajstić information content (AvgIpc) is 2.62. The molecule has 1 fully saturated rings. The Morgan fingerprint density at radius 3 is 2.74 bits per heavy atom. The van der Waals surface area contributed by atoms with E-state index in [2.05, 4.69) is 25.2 Å². The van der Waals surface area contributed by atoms with Gasteiger partial charge in [0.25, 0.3) is 0 Å². The topological polar surface area (TPSA) is 12.0 Å². The molecule has 1 aliphatic heterocycles. The molecule has 0 amide bonds. The van der Waals surface area contributed by atoms with Crippen molar-refractivity contribution in [3.63, 3.8) is 0 Å². The van der Waals surface area contributed by atoms with E-state index in [1.54, 1.807) is 0 Å². The van der Waals surface area contributed by atoms with Gasteiger partial charge in [-0.1, -0.05) is 62.0 Å². The van der Waals surface area contributed by atoms with E-state index < -0.39 is 0 Å². The average molecular weight is 300 g/mol. The summed E-state index contributed by atoms with van der Waals surface area (Å²) in [5.74, 6) is 0.584. The van der Waals surface area contributed by atoms with E-state index in [1.165, 1.54) is 25.7 Å². The number of hydrogen-bond donors (Lipinski definition) is 1. The molecule has 0 bridgehead atoms. The van der Waals surface area contributed by atoms with Gasteiger partial charge in [-0.2, -0.15) is 0 Å². The van der Waals surface area contributed by atoms with Gasteiger partial charge in [0.1, 0.15) is 0 Å². The molecule has 1 atom stereocenters. The Kier molecular flexibility index (Phi) is 5.16. The highest BCUT2D eigenvalue weighted by Crippen LogP contribution is 2.34. The minimum atomic E-state index is 0.158. The molecule has 1 unspecified atom stereocenters. The van der Waals surface area contributed by atoms with E-state index in [4.69, 9.17) is 23.2 Å². The van der Waals surface area contributed by atoms with Gasteiger partial charge in [-0.3, -0.25) is 0 Å². The van der Waals surface area contributed by atoms with Crippen LogP contribution in [-0.2, 0) is 6.42 Å². The molecule has 1 saturated heterocycles. The number of hydrogen-bond acceptors (Lipinski definition) is 1. The van der Waals surface area contributed by atoms with Crippen molar-refractivity contribution in [3.05, 3.63) is 33.8 Å². The van der Waals surface area contributed by atoms with Crippen LogP contribution in [-0.4, -0.2) is 12.1 Å². The zero-order chi connectivity index (χ0) is 13.9. The van der Waals surface area contributed by atoms with Gasteiger partial charge < -0.3 is 5.32 Å². The van der Waals surface area contributed by atoms with Crippen molar-refractivity contribution in [3.8, 4) is 0 Å². The number of benzene rings is 1. The summed E-state index contributed by atoms with van der Waals surface area (Å²) >= 11 is 12.5. The molecule has 19 heavy (non-hydrogen) atoms. The van der Waals surface area contributed by atoms with Crippen molar-refractivity contribution >= 4 is 23.2 Å². The van der Waals surface area contributed by atoms with Gasteiger partial charge in [0.15, 0.2) is 0 Å². The Morgan fingerprint density at radius 1 is 1.21 bits per heavy atom. The third-order valence-electron chi connectivity index (χ3n) is 4.42. The van der Waals surface area contributed by atoms with Crippen LogP contribution in [0.25, 0.3) is 0 Å². The molecular weight excluding hydrogens is 277 g/mol. The Bertz CT molecular complexity index is 421. The summed E-state index contributed by atoms with van der Waals surface area (Å²) in [6.45, 7) is 5.71. The third-order valence-corrected chi connectivity index (χ3v) is 5.28. The summed E-state index contributed by atoms with van der Waals surface area (Å²) in [6, 6.07) is 5.95. The predicted octanol–water partition coefficient (Wildman–Crippen LogP) is 5.09. The fourth-order valence-corrected chi connectivity index (χ4v) is 3.43. The smallest absolute Gasteiger partial charge is 0.0624 e. The third kappa shape index (κ3) is 3.45. The molecule has 1 heterocycles. The summed E-state index contributed by atoms with van der Waals surface area (Å²) in [5.41, 5.74) is 1.32. The molecule has 0 radical (unpaired) electrons. The van der Waals surface area contributed by atoms with Gasteiger partial charge in [-0.15, -0.1) is 0 Å². The second-order valence-electron chi connectivity index (χ2n) is 5.94. The molecular formula is C16H23Cl2N. The van der Waals surface area contributed by atoms with Gasteiger partial charge in [0.2, 0.25) is 0 Å². The van der Waals surface area contributed by atoms with Crippen LogP contribution >= 0.6 is 23.2 Å². The molecule has 1 N–H and O–H groups in total. The van der Waals surface area contributed by atoms with E-state index in [-0.39, 0.29) is 5.54 Å². The van der Waals surface area contributed by atoms with Crippen LogP contribution in [0, 0.1) is 5.92 Å². The zero-order valence-corrected chi connectivity index (χ0v) is 13.3. The first-order valence-electron chi connectivity index (χ1n) is 7.23. The lowest BCUT2D eigenvalue weighted by molar-refractivity contribution is 0.226. The quantitative estimate of drug-likeness (QED) is 0.819. The summed E-state index contributed by atoms with van der Waals surface area (Å²) < 4.78 is 0. The molecule has 106 valence electrons. The highest BCUT2D eigenvalue weighted by atomic mass is 35.5. The van der Waals surface area contributed by atoms with E-state index in [0.29, 0.717) is 10.9 Å². The summed E-state index contributed by atoms with van der Waals surface area (Å²) in [5, 5.41) is 5.16. The van der Waals surface area contributed by atoms with Crippen LogP contribution in [0.4, 0.5) is 0 Å². The minimum Gasteiger partial charge on any atom is -0.311 e. The first kappa shape index (κ1) is 15.2. The second-order valence-corrected chi connectivity index (χ2v) is 6.72. The lowest BCUT2D eigenvalue weighted by Gasteiger charge is -2.38. The van der Waals surface area contributed by atoms with Crippen LogP contribution in [0.5, 0.6) is 0 Å². The molecule has 0 aliphatic carbocycles. The fourth-order valence-electron chi connectivity index (χ4n) is 3.04. The molecule has 1 aromatic carbocycles. The Balaban J connectivity index is 2.27. The molecule has 0 saturated carbocycles. The van der Waals surface area contributed by atoms with Crippen LogP contribution in [0.15, 0.2) is 18.2 Å². The first-order valence-corrected chi connectivity index (χ1v) is 7.99. The zero-order valence-electron chi connectivity index (χ0n) is 11.8. The number of halogens is 2. The summed E-state index contributed by atoms with van der Waals surface area (Å²) in [7, 11) is 0. The summed E-state index contributed by atoms with van der Waals surface area (Å²) in [4.78, 5) is 0. The highest BCUT2D eigenvalue weighted by molar-refractivity contribution is 6.42. The van der Waals surface area contributed by atoms with E-state index in [1.807, 2.05) is 12.1 Å². The minimum absolute atomic E-state index is 0.158. The van der Waals surface area contributed by atoms with Crippen LogP contribution < -0.4 is 5.32 Å². The van der Waals surface area contributed by atoms with Crippen LogP contribution in [0.3, 0.4) is 0 Å². The second kappa shape index (κ2) is 6.47. The number of rotatable bonds is 3. The van der Waals surface area contributed by atoms with E-state index in [9.17, 15) is 0 Å².